The Labute approximate surface area is 202 Å². The van der Waals surface area contributed by atoms with Crippen molar-refractivity contribution in [1.29, 1.82) is 0 Å². The molecule has 1 fully saturated rings. The number of amides is 3. The molecule has 3 rings (SSSR count). The molecule has 0 spiro atoms. The van der Waals surface area contributed by atoms with Crippen molar-refractivity contribution in [1.82, 2.24) is 4.90 Å². The van der Waals surface area contributed by atoms with E-state index < -0.39 is 23.7 Å². The average molecular weight is 483 g/mol. The minimum Gasteiger partial charge on any atom is -0.484 e. The lowest BCUT2D eigenvalue weighted by Crippen LogP contribution is -2.35. The molecule has 1 heterocycles. The van der Waals surface area contributed by atoms with E-state index >= 15 is 0 Å². The Hall–Kier alpha value is -3.59. The van der Waals surface area contributed by atoms with E-state index in [4.69, 9.17) is 9.47 Å². The first-order valence-corrected chi connectivity index (χ1v) is 11.5. The van der Waals surface area contributed by atoms with Crippen molar-refractivity contribution in [3.8, 4) is 5.75 Å². The number of carbonyl (C=O) groups excluding carboxylic acids is 4. The van der Waals surface area contributed by atoms with E-state index in [1.807, 2.05) is 32.0 Å². The summed E-state index contributed by atoms with van der Waals surface area (Å²) >= 11 is 0.765. The molecule has 34 heavy (non-hydrogen) atoms. The Balaban J connectivity index is 1.56. The third kappa shape index (κ3) is 6.71. The number of nitrogens with one attached hydrogen (secondary N) is 1. The minimum absolute atomic E-state index is 0.155. The third-order valence-corrected chi connectivity index (χ3v) is 5.65. The van der Waals surface area contributed by atoms with Gasteiger partial charge in [0.25, 0.3) is 17.1 Å². The van der Waals surface area contributed by atoms with Crippen LogP contribution < -0.4 is 10.1 Å². The Bertz CT molecular complexity index is 1140. The second-order valence-electron chi connectivity index (χ2n) is 8.03. The van der Waals surface area contributed by atoms with Gasteiger partial charge >= 0.3 is 5.97 Å². The van der Waals surface area contributed by atoms with Crippen molar-refractivity contribution in [2.75, 3.05) is 18.5 Å². The van der Waals surface area contributed by atoms with Gasteiger partial charge in [-0.1, -0.05) is 24.3 Å². The van der Waals surface area contributed by atoms with Gasteiger partial charge in [0, 0.05) is 5.69 Å². The Morgan fingerprint density at radius 2 is 1.79 bits per heavy atom. The van der Waals surface area contributed by atoms with Gasteiger partial charge < -0.3 is 14.8 Å². The summed E-state index contributed by atoms with van der Waals surface area (Å²) in [6.07, 6.45) is 1.23. The first-order valence-electron chi connectivity index (χ1n) is 10.7. The molecule has 0 saturated carbocycles. The van der Waals surface area contributed by atoms with Gasteiger partial charge in [-0.25, -0.2) is 0 Å². The van der Waals surface area contributed by atoms with E-state index in [2.05, 4.69) is 5.32 Å². The Kier molecular flexibility index (Phi) is 8.12. The lowest BCUT2D eigenvalue weighted by molar-refractivity contribution is -0.149. The molecule has 0 bridgehead atoms. The van der Waals surface area contributed by atoms with Crippen molar-refractivity contribution >= 4 is 46.5 Å². The van der Waals surface area contributed by atoms with Gasteiger partial charge in [-0.2, -0.15) is 0 Å². The molecular formula is C25H26N2O6S. The molecular weight excluding hydrogens is 456 g/mol. The lowest BCUT2D eigenvalue weighted by atomic mass is 10.1. The number of hydrogen-bond acceptors (Lipinski definition) is 7. The topological polar surface area (TPSA) is 102 Å². The molecule has 9 heteroatoms. The minimum atomic E-state index is -0.637. The Morgan fingerprint density at radius 1 is 1.09 bits per heavy atom. The van der Waals surface area contributed by atoms with E-state index in [0.717, 1.165) is 33.5 Å². The van der Waals surface area contributed by atoms with E-state index in [1.165, 1.54) is 0 Å². The highest BCUT2D eigenvalue weighted by molar-refractivity contribution is 8.18. The smallest absolute Gasteiger partial charge is 0.326 e. The summed E-state index contributed by atoms with van der Waals surface area (Å²) in [6, 6.07) is 12.6. The maximum Gasteiger partial charge on any atom is 0.326 e. The van der Waals surface area contributed by atoms with Crippen molar-refractivity contribution in [2.45, 2.75) is 33.8 Å². The summed E-state index contributed by atoms with van der Waals surface area (Å²) in [5, 5.41) is 2.31. The predicted octanol–water partition coefficient (Wildman–Crippen LogP) is 4.31. The lowest BCUT2D eigenvalue weighted by Gasteiger charge is -2.13. The number of rotatable bonds is 8. The first-order chi connectivity index (χ1) is 16.1. The number of nitrogens with zero attached hydrogens (tertiary/aromatic N) is 1. The third-order valence-electron chi connectivity index (χ3n) is 4.74. The van der Waals surface area contributed by atoms with Gasteiger partial charge in [-0.05, 0) is 80.4 Å². The number of benzene rings is 2. The van der Waals surface area contributed by atoms with Gasteiger partial charge in [0.2, 0.25) is 0 Å². The molecule has 0 aromatic heterocycles. The van der Waals surface area contributed by atoms with Crippen molar-refractivity contribution < 1.29 is 28.7 Å². The van der Waals surface area contributed by atoms with E-state index in [0.29, 0.717) is 11.3 Å². The van der Waals surface area contributed by atoms with Crippen LogP contribution in [0.3, 0.4) is 0 Å². The number of hydrogen-bond donors (Lipinski definition) is 1. The van der Waals surface area contributed by atoms with Crippen LogP contribution >= 0.6 is 11.8 Å². The van der Waals surface area contributed by atoms with Crippen LogP contribution in [0.15, 0.2) is 47.4 Å². The molecule has 0 unspecified atom stereocenters. The molecule has 8 nitrogen and oxygen atoms in total. The highest BCUT2D eigenvalue weighted by Gasteiger charge is 2.36. The van der Waals surface area contributed by atoms with Crippen LogP contribution in [0.1, 0.15) is 30.5 Å². The number of anilines is 1. The molecule has 2 aromatic rings. The second-order valence-corrected chi connectivity index (χ2v) is 9.02. The molecule has 0 atom stereocenters. The normalized spacial score (nSPS) is 14.6. The quantitative estimate of drug-likeness (QED) is 0.442. The summed E-state index contributed by atoms with van der Waals surface area (Å²) < 4.78 is 10.6. The van der Waals surface area contributed by atoms with Crippen LogP contribution in [0.4, 0.5) is 10.5 Å². The van der Waals surface area contributed by atoms with Crippen LogP contribution in [0, 0.1) is 13.8 Å². The van der Waals surface area contributed by atoms with Crippen LogP contribution in [0.25, 0.3) is 6.08 Å². The van der Waals surface area contributed by atoms with Crippen molar-refractivity contribution in [3.63, 3.8) is 0 Å². The van der Waals surface area contributed by atoms with Crippen LogP contribution in [0.5, 0.6) is 5.75 Å². The average Bonchev–Trinajstić information content (AvgIpc) is 3.02. The van der Waals surface area contributed by atoms with Gasteiger partial charge in [-0.15, -0.1) is 0 Å². The van der Waals surface area contributed by atoms with Crippen LogP contribution in [-0.2, 0) is 19.1 Å². The Morgan fingerprint density at radius 3 is 2.47 bits per heavy atom. The molecule has 0 aliphatic carbocycles. The fourth-order valence-corrected chi connectivity index (χ4v) is 3.92. The van der Waals surface area contributed by atoms with Crippen LogP contribution in [-0.4, -0.2) is 47.2 Å². The summed E-state index contributed by atoms with van der Waals surface area (Å²) in [6.45, 7) is 6.68. The number of thioether (sulfide) groups is 1. The zero-order valence-electron chi connectivity index (χ0n) is 19.4. The zero-order chi connectivity index (χ0) is 24.8. The van der Waals surface area contributed by atoms with Gasteiger partial charge in [0.15, 0.2) is 6.61 Å². The molecule has 2 aromatic carbocycles. The maximum absolute atomic E-state index is 12.5. The number of imide groups is 1. The molecule has 178 valence electrons. The number of esters is 1. The highest BCUT2D eigenvalue weighted by Crippen LogP contribution is 2.32. The molecule has 3 amide bonds. The molecule has 1 N–H and O–H groups in total. The van der Waals surface area contributed by atoms with Crippen molar-refractivity contribution in [2.24, 2.45) is 0 Å². The number of aryl methyl sites for hydroxylation is 2. The van der Waals surface area contributed by atoms with Gasteiger partial charge in [-0.3, -0.25) is 24.1 Å². The predicted molar refractivity (Wildman–Crippen MR) is 130 cm³/mol. The SMILES string of the molecule is Cc1ccc(C)c(NC(=O)COc2ccc(/C=C3\SC(=O)N(CC(=O)OC(C)C)C3=O)cc2)c1. The molecule has 1 saturated heterocycles. The van der Waals surface area contributed by atoms with Gasteiger partial charge in [0.1, 0.15) is 12.3 Å². The fraction of sp³-hybridized carbons (Fsp3) is 0.280. The zero-order valence-corrected chi connectivity index (χ0v) is 20.2. The number of carbonyl (C=O) groups is 4. The largest absolute Gasteiger partial charge is 0.484 e. The highest BCUT2D eigenvalue weighted by atomic mass is 32.2. The van der Waals surface area contributed by atoms with E-state index in [9.17, 15) is 19.2 Å². The van der Waals surface area contributed by atoms with Gasteiger partial charge in [0.05, 0.1) is 11.0 Å². The first kappa shape index (κ1) is 25.0. The monoisotopic (exact) mass is 482 g/mol. The van der Waals surface area contributed by atoms with Crippen molar-refractivity contribution in [3.05, 3.63) is 64.1 Å². The standard InChI is InChI=1S/C25H26N2O6S/c1-15(2)33-23(29)13-27-24(30)21(34-25(27)31)12-18-7-9-19(10-8-18)32-14-22(28)26-20-11-16(3)5-6-17(20)4/h5-12,15H,13-14H2,1-4H3,(H,26,28)/b21-12-. The molecule has 1 aliphatic rings. The molecule has 0 radical (unpaired) electrons. The molecule has 1 aliphatic heterocycles. The number of ether oxygens (including phenoxy) is 2. The second kappa shape index (κ2) is 11.0. The fourth-order valence-electron chi connectivity index (χ4n) is 3.08. The summed E-state index contributed by atoms with van der Waals surface area (Å²) in [4.78, 5) is 49.8. The summed E-state index contributed by atoms with van der Waals surface area (Å²) in [7, 11) is 0. The van der Waals surface area contributed by atoms with E-state index in [-0.39, 0.29) is 23.5 Å². The summed E-state index contributed by atoms with van der Waals surface area (Å²) in [5.41, 5.74) is 3.42. The van der Waals surface area contributed by atoms with E-state index in [1.54, 1.807) is 44.2 Å². The maximum atomic E-state index is 12.5. The summed E-state index contributed by atoms with van der Waals surface area (Å²) in [5.74, 6) is -0.971. The van der Waals surface area contributed by atoms with Crippen LogP contribution in [0.2, 0.25) is 0 Å².